The monoisotopic (exact) mass is 369 g/mol. The highest BCUT2D eigenvalue weighted by Crippen LogP contribution is 2.14. The number of urea groups is 1. The molecule has 2 aromatic rings. The molecule has 0 saturated heterocycles. The van der Waals surface area contributed by atoms with Crippen LogP contribution in [0.3, 0.4) is 0 Å². The Balaban J connectivity index is 1.85. The van der Waals surface area contributed by atoms with Gasteiger partial charge in [0.2, 0.25) is 5.91 Å². The van der Waals surface area contributed by atoms with Crippen LogP contribution in [0.5, 0.6) is 5.75 Å². The Morgan fingerprint density at radius 1 is 1.00 bits per heavy atom. The molecule has 2 rings (SSSR count). The Morgan fingerprint density at radius 3 is 2.11 bits per heavy atom. The van der Waals surface area contributed by atoms with Gasteiger partial charge in [0.15, 0.2) is 0 Å². The Hall–Kier alpha value is -3.02. The zero-order chi connectivity index (χ0) is 19.8. The summed E-state index contributed by atoms with van der Waals surface area (Å²) in [4.78, 5) is 25.5. The third kappa shape index (κ3) is 6.33. The van der Waals surface area contributed by atoms with Gasteiger partial charge in [-0.25, -0.2) is 4.79 Å². The fourth-order valence-corrected chi connectivity index (χ4v) is 2.65. The van der Waals surface area contributed by atoms with Crippen molar-refractivity contribution < 1.29 is 14.3 Å². The van der Waals surface area contributed by atoms with Crippen molar-refractivity contribution in [2.45, 2.75) is 39.9 Å². The summed E-state index contributed by atoms with van der Waals surface area (Å²) in [7, 11) is 1.62. The summed E-state index contributed by atoms with van der Waals surface area (Å²) in [5.41, 5.74) is 2.70. The summed E-state index contributed by atoms with van der Waals surface area (Å²) in [6, 6.07) is 14.9. The smallest absolute Gasteiger partial charge is 0.319 e. The van der Waals surface area contributed by atoms with E-state index in [1.807, 2.05) is 62.4 Å². The normalized spacial score (nSPS) is 10.4. The van der Waals surface area contributed by atoms with E-state index in [0.717, 1.165) is 16.9 Å². The van der Waals surface area contributed by atoms with Crippen molar-refractivity contribution in [2.75, 3.05) is 12.4 Å². The van der Waals surface area contributed by atoms with Crippen molar-refractivity contribution in [1.29, 1.82) is 0 Å². The minimum absolute atomic E-state index is 0.0464. The molecule has 2 N–H and O–H groups in total. The van der Waals surface area contributed by atoms with Gasteiger partial charge >= 0.3 is 6.03 Å². The molecule has 0 aliphatic heterocycles. The van der Waals surface area contributed by atoms with E-state index in [1.165, 1.54) is 0 Å². The maximum atomic E-state index is 12.1. The van der Waals surface area contributed by atoms with E-state index in [4.69, 9.17) is 4.74 Å². The van der Waals surface area contributed by atoms with Crippen molar-refractivity contribution in [3.05, 3.63) is 59.7 Å². The van der Waals surface area contributed by atoms with Gasteiger partial charge in [0.05, 0.1) is 7.11 Å². The lowest BCUT2D eigenvalue weighted by Crippen LogP contribution is -2.34. The molecular formula is C21H27N3O3. The van der Waals surface area contributed by atoms with Gasteiger partial charge in [-0.05, 0) is 49.2 Å². The van der Waals surface area contributed by atoms with Crippen molar-refractivity contribution in [3.63, 3.8) is 0 Å². The predicted molar refractivity (Wildman–Crippen MR) is 107 cm³/mol. The number of benzene rings is 2. The summed E-state index contributed by atoms with van der Waals surface area (Å²) in [6.07, 6.45) is 0. The zero-order valence-electron chi connectivity index (χ0n) is 16.3. The lowest BCUT2D eigenvalue weighted by atomic mass is 10.1. The minimum Gasteiger partial charge on any atom is -0.497 e. The number of methoxy groups -OCH3 is 1. The number of ether oxygens (including phenoxy) is 1. The summed E-state index contributed by atoms with van der Waals surface area (Å²) >= 11 is 0. The van der Waals surface area contributed by atoms with Gasteiger partial charge in [0.1, 0.15) is 5.75 Å². The van der Waals surface area contributed by atoms with E-state index in [9.17, 15) is 9.59 Å². The first-order chi connectivity index (χ1) is 12.9. The Morgan fingerprint density at radius 2 is 1.59 bits per heavy atom. The molecule has 0 heterocycles. The highest BCUT2D eigenvalue weighted by atomic mass is 16.5. The van der Waals surface area contributed by atoms with Crippen molar-refractivity contribution >= 4 is 17.6 Å². The Bertz CT molecular complexity index is 755. The van der Waals surface area contributed by atoms with Gasteiger partial charge in [-0.1, -0.05) is 24.3 Å². The van der Waals surface area contributed by atoms with E-state index in [1.54, 1.807) is 18.9 Å². The van der Waals surface area contributed by atoms with Crippen LogP contribution in [0, 0.1) is 0 Å². The molecule has 144 valence electrons. The van der Waals surface area contributed by atoms with Gasteiger partial charge < -0.3 is 20.3 Å². The molecule has 0 saturated carbocycles. The summed E-state index contributed by atoms with van der Waals surface area (Å²) < 4.78 is 5.11. The molecule has 0 aliphatic rings. The second-order valence-electron chi connectivity index (χ2n) is 6.59. The van der Waals surface area contributed by atoms with E-state index in [0.29, 0.717) is 18.8 Å². The summed E-state index contributed by atoms with van der Waals surface area (Å²) in [6.45, 7) is 6.53. The van der Waals surface area contributed by atoms with Crippen LogP contribution in [0.2, 0.25) is 0 Å². The van der Waals surface area contributed by atoms with Gasteiger partial charge in [0, 0.05) is 31.7 Å². The lowest BCUT2D eigenvalue weighted by Gasteiger charge is -2.25. The summed E-state index contributed by atoms with van der Waals surface area (Å²) in [5, 5.41) is 5.62. The molecule has 0 fully saturated rings. The fourth-order valence-electron chi connectivity index (χ4n) is 2.65. The van der Waals surface area contributed by atoms with E-state index in [-0.39, 0.29) is 18.0 Å². The predicted octanol–water partition coefficient (Wildman–Crippen LogP) is 3.77. The van der Waals surface area contributed by atoms with Crippen LogP contribution in [0.4, 0.5) is 10.5 Å². The zero-order valence-corrected chi connectivity index (χ0v) is 16.3. The number of carbonyl (C=O) groups is 2. The number of anilines is 1. The highest BCUT2D eigenvalue weighted by Gasteiger charge is 2.13. The van der Waals surface area contributed by atoms with Crippen LogP contribution in [0.25, 0.3) is 0 Å². The standard InChI is InChI=1S/C21H27N3O3/c1-15(2)24(16(3)25)14-18-5-9-19(10-6-18)23-21(26)22-13-17-7-11-20(27-4)12-8-17/h5-12,15H,13-14H2,1-4H3,(H2,22,23,26). The molecule has 0 unspecified atom stereocenters. The molecule has 0 aliphatic carbocycles. The summed E-state index contributed by atoms with van der Waals surface area (Å²) in [5.74, 6) is 0.828. The molecule has 6 nitrogen and oxygen atoms in total. The molecule has 2 aromatic carbocycles. The number of amides is 3. The first kappa shape index (κ1) is 20.3. The van der Waals surface area contributed by atoms with Crippen LogP contribution in [-0.4, -0.2) is 30.0 Å². The van der Waals surface area contributed by atoms with Crippen LogP contribution < -0.4 is 15.4 Å². The van der Waals surface area contributed by atoms with Crippen LogP contribution in [-0.2, 0) is 17.9 Å². The topological polar surface area (TPSA) is 70.7 Å². The second-order valence-corrected chi connectivity index (χ2v) is 6.59. The average Bonchev–Trinajstić information content (AvgIpc) is 2.65. The van der Waals surface area contributed by atoms with Gasteiger partial charge in [-0.15, -0.1) is 0 Å². The first-order valence-electron chi connectivity index (χ1n) is 8.93. The third-order valence-electron chi connectivity index (χ3n) is 4.20. The van der Waals surface area contributed by atoms with Crippen molar-refractivity contribution in [2.24, 2.45) is 0 Å². The highest BCUT2D eigenvalue weighted by molar-refractivity contribution is 5.89. The molecule has 27 heavy (non-hydrogen) atoms. The van der Waals surface area contributed by atoms with Crippen molar-refractivity contribution in [3.8, 4) is 5.75 Å². The molecule has 0 spiro atoms. The lowest BCUT2D eigenvalue weighted by molar-refractivity contribution is -0.131. The van der Waals surface area contributed by atoms with E-state index in [2.05, 4.69) is 10.6 Å². The average molecular weight is 369 g/mol. The quantitative estimate of drug-likeness (QED) is 0.780. The SMILES string of the molecule is COc1ccc(CNC(=O)Nc2ccc(CN(C(C)=O)C(C)C)cc2)cc1. The maximum Gasteiger partial charge on any atom is 0.319 e. The Labute approximate surface area is 160 Å². The number of carbonyl (C=O) groups excluding carboxylic acids is 2. The molecule has 0 radical (unpaired) electrons. The second kappa shape index (κ2) is 9.62. The van der Waals surface area contributed by atoms with Gasteiger partial charge in [0.25, 0.3) is 0 Å². The molecule has 0 aromatic heterocycles. The maximum absolute atomic E-state index is 12.1. The number of nitrogens with one attached hydrogen (secondary N) is 2. The fraction of sp³-hybridized carbons (Fsp3) is 0.333. The third-order valence-corrected chi connectivity index (χ3v) is 4.20. The number of hydrogen-bond acceptors (Lipinski definition) is 3. The number of rotatable bonds is 7. The first-order valence-corrected chi connectivity index (χ1v) is 8.93. The van der Waals surface area contributed by atoms with Crippen molar-refractivity contribution in [1.82, 2.24) is 10.2 Å². The number of hydrogen-bond donors (Lipinski definition) is 2. The van der Waals surface area contributed by atoms with Gasteiger partial charge in [-0.3, -0.25) is 4.79 Å². The molecule has 6 heteroatoms. The van der Waals surface area contributed by atoms with Gasteiger partial charge in [-0.2, -0.15) is 0 Å². The van der Waals surface area contributed by atoms with E-state index < -0.39 is 0 Å². The van der Waals surface area contributed by atoms with E-state index >= 15 is 0 Å². The molecule has 0 atom stereocenters. The van der Waals surface area contributed by atoms with Crippen LogP contribution in [0.15, 0.2) is 48.5 Å². The molecule has 3 amide bonds. The largest absolute Gasteiger partial charge is 0.497 e. The molecule has 0 bridgehead atoms. The van der Waals surface area contributed by atoms with Crippen LogP contribution >= 0.6 is 0 Å². The molecular weight excluding hydrogens is 342 g/mol. The minimum atomic E-state index is -0.272. The Kier molecular flexibility index (Phi) is 7.23. The van der Waals surface area contributed by atoms with Crippen LogP contribution in [0.1, 0.15) is 31.9 Å². The number of nitrogens with zero attached hydrogens (tertiary/aromatic N) is 1.